The van der Waals surface area contributed by atoms with Gasteiger partial charge in [-0.1, -0.05) is 54.6 Å². The number of nitrogens with one attached hydrogen (secondary N) is 3. The van der Waals surface area contributed by atoms with Crippen molar-refractivity contribution in [2.24, 2.45) is 0 Å². The molecule has 0 saturated carbocycles. The van der Waals surface area contributed by atoms with E-state index in [1.165, 1.54) is 5.56 Å². The summed E-state index contributed by atoms with van der Waals surface area (Å²) in [6, 6.07) is 23.3. The molecule has 8 nitrogen and oxygen atoms in total. The second kappa shape index (κ2) is 14.8. The molecular formula is C33H43N5O3. The normalized spacial score (nSPS) is 14.8. The molecule has 0 radical (unpaired) electrons. The van der Waals surface area contributed by atoms with Gasteiger partial charge in [-0.05, 0) is 68.8 Å². The molecule has 1 heterocycles. The number of nitrogens with zero attached hydrogens (tertiary/aromatic N) is 2. The van der Waals surface area contributed by atoms with Gasteiger partial charge in [-0.25, -0.2) is 0 Å². The maximum Gasteiger partial charge on any atom is 0.251 e. The lowest BCUT2D eigenvalue weighted by atomic mass is 10.00. The van der Waals surface area contributed by atoms with Crippen LogP contribution in [0.4, 0.5) is 11.4 Å². The zero-order valence-electron chi connectivity index (χ0n) is 24.4. The number of benzene rings is 3. The van der Waals surface area contributed by atoms with Crippen LogP contribution in [0.2, 0.25) is 0 Å². The Bertz CT molecular complexity index is 1280. The summed E-state index contributed by atoms with van der Waals surface area (Å²) in [7, 11) is 4.10. The maximum absolute atomic E-state index is 13.6. The third-order valence-electron chi connectivity index (χ3n) is 7.23. The number of carbonyl (C=O) groups is 2. The van der Waals surface area contributed by atoms with Crippen molar-refractivity contribution in [3.8, 4) is 0 Å². The van der Waals surface area contributed by atoms with E-state index in [2.05, 4.69) is 45.1 Å². The third kappa shape index (κ3) is 8.88. The Morgan fingerprint density at radius 1 is 1.00 bits per heavy atom. The van der Waals surface area contributed by atoms with Gasteiger partial charge < -0.3 is 30.9 Å². The Morgan fingerprint density at radius 3 is 2.39 bits per heavy atom. The van der Waals surface area contributed by atoms with Crippen molar-refractivity contribution in [3.63, 3.8) is 0 Å². The Kier molecular flexibility index (Phi) is 10.9. The highest BCUT2D eigenvalue weighted by Gasteiger charge is 2.25. The first-order chi connectivity index (χ1) is 19.8. The predicted octanol–water partition coefficient (Wildman–Crippen LogP) is 3.80. The van der Waals surface area contributed by atoms with Crippen molar-refractivity contribution in [3.05, 3.63) is 95.1 Å². The summed E-state index contributed by atoms with van der Waals surface area (Å²) in [6.07, 6.45) is 0.998. The zero-order chi connectivity index (χ0) is 29.2. The lowest BCUT2D eigenvalue weighted by molar-refractivity contribution is -0.117. The fraction of sp³-hybridized carbons (Fsp3) is 0.394. The SMILES string of the molecule is CCNc1cc(C(=O)N[C@@H](Cc2ccccc2)[C@H](O)CNCc2ccc(CN(C)C)cc2)cc(N2CCCC2=O)c1. The molecule has 1 saturated heterocycles. The topological polar surface area (TPSA) is 96.9 Å². The van der Waals surface area contributed by atoms with E-state index in [9.17, 15) is 14.7 Å². The molecule has 2 amide bonds. The van der Waals surface area contributed by atoms with Crippen LogP contribution in [0.1, 0.15) is 46.8 Å². The van der Waals surface area contributed by atoms with Crippen molar-refractivity contribution in [2.75, 3.05) is 43.9 Å². The fourth-order valence-electron chi connectivity index (χ4n) is 5.16. The van der Waals surface area contributed by atoms with E-state index in [1.807, 2.05) is 57.4 Å². The second-order valence-corrected chi connectivity index (χ2v) is 11.0. The number of hydrogen-bond acceptors (Lipinski definition) is 6. The number of hydrogen-bond donors (Lipinski definition) is 4. The highest BCUT2D eigenvalue weighted by Crippen LogP contribution is 2.27. The van der Waals surface area contributed by atoms with E-state index in [1.54, 1.807) is 17.0 Å². The molecule has 4 rings (SSSR count). The molecule has 1 aliphatic rings. The third-order valence-corrected chi connectivity index (χ3v) is 7.23. The molecule has 0 unspecified atom stereocenters. The van der Waals surface area contributed by atoms with Crippen LogP contribution in [-0.4, -0.2) is 67.7 Å². The number of aliphatic hydroxyl groups is 1. The molecule has 3 aromatic rings. The standard InChI is InChI=1S/C33H43N5O3/c1-4-35-28-18-27(19-29(20-28)38-16-8-11-32(38)40)33(41)36-30(17-24-9-6-5-7-10-24)31(39)22-34-21-25-12-14-26(15-13-25)23-37(2)3/h5-7,9-10,12-15,18-20,30-31,34-35,39H,4,8,11,16-17,21-23H2,1-3H3,(H,36,41)/t30-,31+/m0/s1. The number of amides is 2. The maximum atomic E-state index is 13.6. The smallest absolute Gasteiger partial charge is 0.251 e. The predicted molar refractivity (Wildman–Crippen MR) is 165 cm³/mol. The largest absolute Gasteiger partial charge is 0.390 e. The summed E-state index contributed by atoms with van der Waals surface area (Å²) in [5.74, 6) is -0.213. The van der Waals surface area contributed by atoms with Gasteiger partial charge in [0.1, 0.15) is 0 Å². The summed E-state index contributed by atoms with van der Waals surface area (Å²) in [5, 5.41) is 21.0. The van der Waals surface area contributed by atoms with E-state index in [4.69, 9.17) is 0 Å². The van der Waals surface area contributed by atoms with Crippen molar-refractivity contribution in [1.29, 1.82) is 0 Å². The van der Waals surface area contributed by atoms with Crippen LogP contribution in [0.15, 0.2) is 72.8 Å². The van der Waals surface area contributed by atoms with Gasteiger partial charge in [0.15, 0.2) is 0 Å². The van der Waals surface area contributed by atoms with Crippen molar-refractivity contribution < 1.29 is 14.7 Å². The van der Waals surface area contributed by atoms with Gasteiger partial charge in [-0.3, -0.25) is 9.59 Å². The zero-order valence-corrected chi connectivity index (χ0v) is 24.4. The molecule has 4 N–H and O–H groups in total. The van der Waals surface area contributed by atoms with Gasteiger partial charge in [0, 0.05) is 56.1 Å². The van der Waals surface area contributed by atoms with Gasteiger partial charge >= 0.3 is 0 Å². The molecule has 0 aromatic heterocycles. The minimum absolute atomic E-state index is 0.0702. The van der Waals surface area contributed by atoms with Gasteiger partial charge in [-0.2, -0.15) is 0 Å². The summed E-state index contributed by atoms with van der Waals surface area (Å²) in [4.78, 5) is 29.9. The molecule has 41 heavy (non-hydrogen) atoms. The average molecular weight is 558 g/mol. The monoisotopic (exact) mass is 557 g/mol. The first kappa shape index (κ1) is 30.2. The van der Waals surface area contributed by atoms with Crippen molar-refractivity contribution >= 4 is 23.2 Å². The molecule has 0 spiro atoms. The summed E-state index contributed by atoms with van der Waals surface area (Å²) in [6.45, 7) is 5.16. The first-order valence-corrected chi connectivity index (χ1v) is 14.5. The Morgan fingerprint density at radius 2 is 1.73 bits per heavy atom. The fourth-order valence-corrected chi connectivity index (χ4v) is 5.16. The van der Waals surface area contributed by atoms with E-state index in [0.717, 1.165) is 35.5 Å². The van der Waals surface area contributed by atoms with Crippen LogP contribution in [0.25, 0.3) is 0 Å². The lowest BCUT2D eigenvalue weighted by Crippen LogP contribution is -2.48. The van der Waals surface area contributed by atoms with Gasteiger partial charge in [-0.15, -0.1) is 0 Å². The molecule has 8 heteroatoms. The van der Waals surface area contributed by atoms with Crippen LogP contribution >= 0.6 is 0 Å². The molecule has 0 aliphatic carbocycles. The average Bonchev–Trinajstić information content (AvgIpc) is 3.39. The van der Waals surface area contributed by atoms with Crippen LogP contribution in [0.3, 0.4) is 0 Å². The minimum Gasteiger partial charge on any atom is -0.390 e. The first-order valence-electron chi connectivity index (χ1n) is 14.5. The highest BCUT2D eigenvalue weighted by atomic mass is 16.3. The van der Waals surface area contributed by atoms with E-state index < -0.39 is 12.1 Å². The molecule has 2 atom stereocenters. The van der Waals surface area contributed by atoms with E-state index >= 15 is 0 Å². The van der Waals surface area contributed by atoms with E-state index in [0.29, 0.717) is 44.6 Å². The van der Waals surface area contributed by atoms with Gasteiger partial charge in [0.05, 0.1) is 12.1 Å². The van der Waals surface area contributed by atoms with Crippen LogP contribution in [0, 0.1) is 0 Å². The molecule has 218 valence electrons. The number of carbonyl (C=O) groups excluding carboxylic acids is 2. The number of rotatable bonds is 14. The van der Waals surface area contributed by atoms with Crippen molar-refractivity contribution in [2.45, 2.75) is 51.4 Å². The highest BCUT2D eigenvalue weighted by molar-refractivity contribution is 6.00. The van der Waals surface area contributed by atoms with Crippen LogP contribution in [-0.2, 0) is 24.3 Å². The Hall–Kier alpha value is -3.72. The summed E-state index contributed by atoms with van der Waals surface area (Å²) >= 11 is 0. The lowest BCUT2D eigenvalue weighted by Gasteiger charge is -2.25. The van der Waals surface area contributed by atoms with Crippen molar-refractivity contribution in [1.82, 2.24) is 15.5 Å². The second-order valence-electron chi connectivity index (χ2n) is 11.0. The summed E-state index contributed by atoms with van der Waals surface area (Å²) < 4.78 is 0. The molecular weight excluding hydrogens is 514 g/mol. The molecule has 0 bridgehead atoms. The quantitative estimate of drug-likeness (QED) is 0.241. The Balaban J connectivity index is 1.46. The molecule has 3 aromatic carbocycles. The molecule has 1 aliphatic heterocycles. The molecule has 1 fully saturated rings. The number of aliphatic hydroxyl groups excluding tert-OH is 1. The van der Waals surface area contributed by atoms with Crippen LogP contribution in [0.5, 0.6) is 0 Å². The number of anilines is 2. The van der Waals surface area contributed by atoms with Crippen LogP contribution < -0.4 is 20.9 Å². The van der Waals surface area contributed by atoms with E-state index in [-0.39, 0.29) is 11.8 Å². The van der Waals surface area contributed by atoms with Gasteiger partial charge in [0.2, 0.25) is 5.91 Å². The van der Waals surface area contributed by atoms with Gasteiger partial charge in [0.25, 0.3) is 5.91 Å². The minimum atomic E-state index is -0.816. The summed E-state index contributed by atoms with van der Waals surface area (Å²) in [5.41, 5.74) is 5.36. The Labute approximate surface area is 243 Å².